The molecule has 3 nitrogen and oxygen atoms in total. The molecule has 2 aromatic rings. The number of carbonyl (C=O) groups excluding carboxylic acids is 1. The minimum Gasteiger partial charge on any atom is -0.337 e. The van der Waals surface area contributed by atoms with Crippen LogP contribution in [0, 0.1) is 20.8 Å². The van der Waals surface area contributed by atoms with E-state index in [2.05, 4.69) is 56.5 Å². The van der Waals surface area contributed by atoms with Crippen LogP contribution in [0.15, 0.2) is 24.3 Å². The Morgan fingerprint density at radius 1 is 1.04 bits per heavy atom. The minimum absolute atomic E-state index is 0.208. The van der Waals surface area contributed by atoms with Gasteiger partial charge in [-0.2, -0.15) is 0 Å². The molecule has 0 aliphatic carbocycles. The van der Waals surface area contributed by atoms with Crippen molar-refractivity contribution in [3.05, 3.63) is 57.9 Å². The van der Waals surface area contributed by atoms with Crippen molar-refractivity contribution in [3.63, 3.8) is 0 Å². The van der Waals surface area contributed by atoms with Crippen molar-refractivity contribution in [2.45, 2.75) is 53.5 Å². The standard InChI is InChI=1S/C21H28N2O/c1-5-19-16(3)20(21(24)22-12-6-7-13-22)23(17(19)4)14-18-10-8-15(2)9-11-18/h8-11H,5-7,12-14H2,1-4H3. The van der Waals surface area contributed by atoms with Gasteiger partial charge in [0, 0.05) is 25.3 Å². The normalized spacial score (nSPS) is 14.4. The van der Waals surface area contributed by atoms with Crippen LogP contribution in [0.25, 0.3) is 0 Å². The van der Waals surface area contributed by atoms with Crippen molar-refractivity contribution >= 4 is 5.91 Å². The number of likely N-dealkylation sites (tertiary alicyclic amines) is 1. The van der Waals surface area contributed by atoms with E-state index in [4.69, 9.17) is 0 Å². The molecule has 128 valence electrons. The summed E-state index contributed by atoms with van der Waals surface area (Å²) in [6, 6.07) is 8.62. The van der Waals surface area contributed by atoms with Crippen molar-refractivity contribution in [1.29, 1.82) is 0 Å². The molecule has 0 saturated carbocycles. The average Bonchev–Trinajstić information content (AvgIpc) is 3.17. The quantitative estimate of drug-likeness (QED) is 0.825. The first kappa shape index (κ1) is 16.8. The first-order valence-electron chi connectivity index (χ1n) is 9.06. The maximum atomic E-state index is 13.1. The van der Waals surface area contributed by atoms with Crippen molar-refractivity contribution in [2.75, 3.05) is 13.1 Å². The predicted molar refractivity (Wildman–Crippen MR) is 98.7 cm³/mol. The maximum Gasteiger partial charge on any atom is 0.270 e. The van der Waals surface area contributed by atoms with Crippen molar-refractivity contribution in [2.24, 2.45) is 0 Å². The summed E-state index contributed by atoms with van der Waals surface area (Å²) in [5.74, 6) is 0.208. The van der Waals surface area contributed by atoms with Crippen LogP contribution in [0.1, 0.15) is 58.2 Å². The van der Waals surface area contributed by atoms with Crippen LogP contribution in [0.2, 0.25) is 0 Å². The summed E-state index contributed by atoms with van der Waals surface area (Å²) >= 11 is 0. The minimum atomic E-state index is 0.208. The van der Waals surface area contributed by atoms with E-state index in [0.717, 1.165) is 44.6 Å². The molecule has 24 heavy (non-hydrogen) atoms. The van der Waals surface area contributed by atoms with Crippen LogP contribution in [0.3, 0.4) is 0 Å². The summed E-state index contributed by atoms with van der Waals surface area (Å²) in [7, 11) is 0. The largest absolute Gasteiger partial charge is 0.337 e. The fourth-order valence-electron chi connectivity index (χ4n) is 3.89. The van der Waals surface area contributed by atoms with Crippen LogP contribution < -0.4 is 0 Å². The summed E-state index contributed by atoms with van der Waals surface area (Å²) in [6.07, 6.45) is 3.23. The van der Waals surface area contributed by atoms with Crippen molar-refractivity contribution in [3.8, 4) is 0 Å². The van der Waals surface area contributed by atoms with Gasteiger partial charge in [-0.25, -0.2) is 0 Å². The molecule has 0 N–H and O–H groups in total. The first-order valence-corrected chi connectivity index (χ1v) is 9.06. The van der Waals surface area contributed by atoms with E-state index in [0.29, 0.717) is 0 Å². The van der Waals surface area contributed by atoms with Crippen LogP contribution in [0.4, 0.5) is 0 Å². The van der Waals surface area contributed by atoms with Gasteiger partial charge in [0.2, 0.25) is 0 Å². The molecule has 1 aromatic heterocycles. The number of benzene rings is 1. The van der Waals surface area contributed by atoms with Crippen LogP contribution in [-0.2, 0) is 13.0 Å². The fourth-order valence-corrected chi connectivity index (χ4v) is 3.89. The zero-order valence-corrected chi connectivity index (χ0v) is 15.4. The highest BCUT2D eigenvalue weighted by molar-refractivity contribution is 5.95. The van der Waals surface area contributed by atoms with E-state index in [1.165, 1.54) is 27.9 Å². The summed E-state index contributed by atoms with van der Waals surface area (Å²) in [5, 5.41) is 0. The van der Waals surface area contributed by atoms with Gasteiger partial charge < -0.3 is 9.47 Å². The Morgan fingerprint density at radius 3 is 2.25 bits per heavy atom. The molecular weight excluding hydrogens is 296 g/mol. The van der Waals surface area contributed by atoms with Gasteiger partial charge in [0.05, 0.1) is 0 Å². The Balaban J connectivity index is 2.02. The van der Waals surface area contributed by atoms with Gasteiger partial charge in [0.25, 0.3) is 5.91 Å². The summed E-state index contributed by atoms with van der Waals surface area (Å²) in [5.41, 5.74) is 7.13. The number of aromatic nitrogens is 1. The van der Waals surface area contributed by atoms with Crippen LogP contribution in [-0.4, -0.2) is 28.5 Å². The molecule has 0 bridgehead atoms. The van der Waals surface area contributed by atoms with Gasteiger partial charge in [-0.3, -0.25) is 4.79 Å². The molecule has 1 amide bonds. The number of aryl methyl sites for hydroxylation is 1. The molecule has 3 rings (SSSR count). The second kappa shape index (κ2) is 6.84. The molecule has 0 atom stereocenters. The highest BCUT2D eigenvalue weighted by Gasteiger charge is 2.27. The Morgan fingerprint density at radius 2 is 1.67 bits per heavy atom. The first-order chi connectivity index (χ1) is 11.5. The second-order valence-electron chi connectivity index (χ2n) is 6.96. The maximum absolute atomic E-state index is 13.1. The SMILES string of the molecule is CCc1c(C)c(C(=O)N2CCCC2)n(Cc2ccc(C)cc2)c1C. The number of hydrogen-bond donors (Lipinski definition) is 0. The lowest BCUT2D eigenvalue weighted by atomic mass is 10.1. The third kappa shape index (κ3) is 3.00. The van der Waals surface area contributed by atoms with Gasteiger partial charge in [-0.15, -0.1) is 0 Å². The van der Waals surface area contributed by atoms with E-state index in [1.807, 2.05) is 4.90 Å². The van der Waals surface area contributed by atoms with Crippen LogP contribution in [0.5, 0.6) is 0 Å². The van der Waals surface area contributed by atoms with E-state index in [-0.39, 0.29) is 5.91 Å². The smallest absolute Gasteiger partial charge is 0.270 e. The van der Waals surface area contributed by atoms with Gasteiger partial charge in [-0.1, -0.05) is 36.8 Å². The zero-order chi connectivity index (χ0) is 17.3. The average molecular weight is 324 g/mol. The third-order valence-electron chi connectivity index (χ3n) is 5.33. The van der Waals surface area contributed by atoms with Gasteiger partial charge >= 0.3 is 0 Å². The molecule has 0 unspecified atom stereocenters. The number of hydrogen-bond acceptors (Lipinski definition) is 1. The molecule has 1 aromatic carbocycles. The van der Waals surface area contributed by atoms with E-state index < -0.39 is 0 Å². The van der Waals surface area contributed by atoms with Gasteiger partial charge in [-0.05, 0) is 56.7 Å². The van der Waals surface area contributed by atoms with Crippen molar-refractivity contribution < 1.29 is 4.79 Å². The Hall–Kier alpha value is -2.03. The second-order valence-corrected chi connectivity index (χ2v) is 6.96. The molecular formula is C21H28N2O. The lowest BCUT2D eigenvalue weighted by Crippen LogP contribution is -2.30. The molecule has 1 aliphatic heterocycles. The molecule has 0 radical (unpaired) electrons. The van der Waals surface area contributed by atoms with Gasteiger partial charge in [0.15, 0.2) is 0 Å². The fraction of sp³-hybridized carbons (Fsp3) is 0.476. The highest BCUT2D eigenvalue weighted by atomic mass is 16.2. The lowest BCUT2D eigenvalue weighted by Gasteiger charge is -2.19. The van der Waals surface area contributed by atoms with E-state index in [9.17, 15) is 4.79 Å². The molecule has 1 fully saturated rings. The Labute approximate surface area is 145 Å². The molecule has 3 heteroatoms. The van der Waals surface area contributed by atoms with E-state index >= 15 is 0 Å². The molecule has 1 aliphatic rings. The summed E-state index contributed by atoms with van der Waals surface area (Å²) in [6.45, 7) is 11.1. The third-order valence-corrected chi connectivity index (χ3v) is 5.33. The topological polar surface area (TPSA) is 25.2 Å². The Kier molecular flexibility index (Phi) is 4.79. The number of nitrogens with zero attached hydrogens (tertiary/aromatic N) is 2. The zero-order valence-electron chi connectivity index (χ0n) is 15.4. The number of amides is 1. The molecule has 2 heterocycles. The monoisotopic (exact) mass is 324 g/mol. The highest BCUT2D eigenvalue weighted by Crippen LogP contribution is 2.26. The molecule has 0 spiro atoms. The summed E-state index contributed by atoms with van der Waals surface area (Å²) < 4.78 is 2.24. The predicted octanol–water partition coefficient (Wildman–Crippen LogP) is 4.26. The molecule has 1 saturated heterocycles. The number of carbonyl (C=O) groups is 1. The van der Waals surface area contributed by atoms with Gasteiger partial charge in [0.1, 0.15) is 5.69 Å². The van der Waals surface area contributed by atoms with E-state index in [1.54, 1.807) is 0 Å². The summed E-state index contributed by atoms with van der Waals surface area (Å²) in [4.78, 5) is 15.1. The Bertz CT molecular complexity index is 734. The lowest BCUT2D eigenvalue weighted by molar-refractivity contribution is 0.0781. The van der Waals surface area contributed by atoms with Crippen LogP contribution >= 0.6 is 0 Å². The van der Waals surface area contributed by atoms with Crippen molar-refractivity contribution in [1.82, 2.24) is 9.47 Å². The number of rotatable bonds is 4.